The minimum Gasteiger partial charge on any atom is -0.508 e. The van der Waals surface area contributed by atoms with E-state index in [0.29, 0.717) is 17.7 Å². The van der Waals surface area contributed by atoms with Gasteiger partial charge in [0.2, 0.25) is 0 Å². The van der Waals surface area contributed by atoms with E-state index in [1.54, 1.807) is 0 Å². The number of hydrogen-bond acceptors (Lipinski definition) is 2. The highest BCUT2D eigenvalue weighted by Crippen LogP contribution is 2.49. The van der Waals surface area contributed by atoms with Gasteiger partial charge in [-0.2, -0.15) is 0 Å². The van der Waals surface area contributed by atoms with Gasteiger partial charge in [0.05, 0.1) is 0 Å². The standard InChI is InChI=1S/C19H27NO/c1-13(2)7-9-20-10-8-19(4)14(3)18(20)11-15-5-6-16(21)12-17(15)19/h5-7,12,14,18,21H,8-11H2,1-4H3/t14?,18-,19+/m1/s1. The van der Waals surface area contributed by atoms with Gasteiger partial charge in [0.15, 0.2) is 0 Å². The molecule has 1 aliphatic carbocycles. The van der Waals surface area contributed by atoms with Gasteiger partial charge in [-0.3, -0.25) is 4.90 Å². The minimum absolute atomic E-state index is 0.207. The summed E-state index contributed by atoms with van der Waals surface area (Å²) < 4.78 is 0. The van der Waals surface area contributed by atoms with Crippen molar-refractivity contribution >= 4 is 0 Å². The molecule has 2 heteroatoms. The van der Waals surface area contributed by atoms with Crippen LogP contribution in [0.15, 0.2) is 29.8 Å². The summed E-state index contributed by atoms with van der Waals surface area (Å²) >= 11 is 0. The first kappa shape index (κ1) is 14.6. The summed E-state index contributed by atoms with van der Waals surface area (Å²) in [4.78, 5) is 2.65. The Hall–Kier alpha value is -1.28. The van der Waals surface area contributed by atoms with E-state index < -0.39 is 0 Å². The summed E-state index contributed by atoms with van der Waals surface area (Å²) in [5.41, 5.74) is 4.42. The molecule has 1 fully saturated rings. The summed E-state index contributed by atoms with van der Waals surface area (Å²) in [5.74, 6) is 1.04. The Kier molecular flexibility index (Phi) is 3.61. The van der Waals surface area contributed by atoms with Crippen molar-refractivity contribution in [2.24, 2.45) is 5.92 Å². The third-order valence-electron chi connectivity index (χ3n) is 5.84. The number of likely N-dealkylation sites (tertiary alicyclic amines) is 1. The maximum atomic E-state index is 9.87. The predicted molar refractivity (Wildman–Crippen MR) is 87.7 cm³/mol. The van der Waals surface area contributed by atoms with E-state index in [1.807, 2.05) is 12.1 Å². The lowest BCUT2D eigenvalue weighted by molar-refractivity contribution is 0.0397. The molecule has 3 atom stereocenters. The minimum atomic E-state index is 0.207. The molecule has 3 rings (SSSR count). The van der Waals surface area contributed by atoms with Gasteiger partial charge >= 0.3 is 0 Å². The van der Waals surface area contributed by atoms with Gasteiger partial charge in [0.1, 0.15) is 5.75 Å². The van der Waals surface area contributed by atoms with E-state index in [4.69, 9.17) is 0 Å². The number of allylic oxidation sites excluding steroid dienone is 1. The van der Waals surface area contributed by atoms with Crippen LogP contribution in [0.1, 0.15) is 45.2 Å². The van der Waals surface area contributed by atoms with E-state index in [1.165, 1.54) is 23.1 Å². The Bertz CT molecular complexity index is 573. The van der Waals surface area contributed by atoms with Crippen molar-refractivity contribution in [1.29, 1.82) is 0 Å². The van der Waals surface area contributed by atoms with Gasteiger partial charge < -0.3 is 5.11 Å². The van der Waals surface area contributed by atoms with E-state index in [2.05, 4.69) is 44.7 Å². The molecule has 1 heterocycles. The molecule has 1 saturated heterocycles. The molecule has 2 aliphatic rings. The molecule has 114 valence electrons. The van der Waals surface area contributed by atoms with Crippen LogP contribution >= 0.6 is 0 Å². The van der Waals surface area contributed by atoms with Gasteiger partial charge in [-0.1, -0.05) is 31.6 Å². The molecule has 0 saturated carbocycles. The molecule has 0 amide bonds. The highest BCUT2D eigenvalue weighted by Gasteiger charge is 2.48. The molecule has 1 aromatic rings. The second-order valence-corrected chi connectivity index (χ2v) is 7.35. The molecule has 21 heavy (non-hydrogen) atoms. The predicted octanol–water partition coefficient (Wildman–Crippen LogP) is 3.88. The fraction of sp³-hybridized carbons (Fsp3) is 0.579. The second-order valence-electron chi connectivity index (χ2n) is 7.35. The van der Waals surface area contributed by atoms with Crippen LogP contribution in [0.25, 0.3) is 0 Å². The summed E-state index contributed by atoms with van der Waals surface area (Å²) in [6, 6.07) is 6.60. The van der Waals surface area contributed by atoms with Crippen molar-refractivity contribution in [3.05, 3.63) is 41.0 Å². The van der Waals surface area contributed by atoms with Gasteiger partial charge in [-0.25, -0.2) is 0 Å². The van der Waals surface area contributed by atoms with Crippen molar-refractivity contribution in [3.63, 3.8) is 0 Å². The smallest absolute Gasteiger partial charge is 0.115 e. The average Bonchev–Trinajstić information content (AvgIpc) is 2.43. The zero-order chi connectivity index (χ0) is 15.2. The Labute approximate surface area is 128 Å². The number of fused-ring (bicyclic) bond motifs is 4. The number of benzene rings is 1. The van der Waals surface area contributed by atoms with Gasteiger partial charge in [-0.05, 0) is 67.8 Å². The van der Waals surface area contributed by atoms with Gasteiger partial charge in [0.25, 0.3) is 0 Å². The number of piperidine rings is 1. The van der Waals surface area contributed by atoms with Crippen molar-refractivity contribution in [1.82, 2.24) is 4.90 Å². The van der Waals surface area contributed by atoms with Crippen LogP contribution in [-0.4, -0.2) is 29.1 Å². The Balaban J connectivity index is 1.96. The highest BCUT2D eigenvalue weighted by molar-refractivity contribution is 5.44. The average molecular weight is 285 g/mol. The molecule has 2 nitrogen and oxygen atoms in total. The Morgan fingerprint density at radius 1 is 1.43 bits per heavy atom. The van der Waals surface area contributed by atoms with Crippen LogP contribution in [0, 0.1) is 5.92 Å². The SMILES string of the molecule is CC(C)=CCN1CC[C@]2(C)c3cc(O)ccc3C[C@@H]1C2C. The molecular weight excluding hydrogens is 258 g/mol. The Morgan fingerprint density at radius 3 is 2.90 bits per heavy atom. The van der Waals surface area contributed by atoms with E-state index in [-0.39, 0.29) is 5.41 Å². The topological polar surface area (TPSA) is 23.5 Å². The fourth-order valence-electron chi connectivity index (χ4n) is 4.22. The van der Waals surface area contributed by atoms with Crippen LogP contribution < -0.4 is 0 Å². The summed E-state index contributed by atoms with van der Waals surface area (Å²) in [6.07, 6.45) is 4.64. The van der Waals surface area contributed by atoms with Crippen LogP contribution in [0.4, 0.5) is 0 Å². The lowest BCUT2D eigenvalue weighted by Gasteiger charge is -2.54. The quantitative estimate of drug-likeness (QED) is 0.834. The highest BCUT2D eigenvalue weighted by atomic mass is 16.3. The monoisotopic (exact) mass is 285 g/mol. The first-order valence-electron chi connectivity index (χ1n) is 8.11. The number of aromatic hydroxyl groups is 1. The van der Waals surface area contributed by atoms with Crippen molar-refractivity contribution in [3.8, 4) is 5.75 Å². The van der Waals surface area contributed by atoms with Crippen molar-refractivity contribution in [2.75, 3.05) is 13.1 Å². The molecular formula is C19H27NO. The number of phenolic OH excluding ortho intramolecular Hbond substituents is 1. The second kappa shape index (κ2) is 5.17. The maximum Gasteiger partial charge on any atom is 0.115 e. The first-order valence-corrected chi connectivity index (χ1v) is 8.11. The largest absolute Gasteiger partial charge is 0.508 e. The number of rotatable bonds is 2. The normalized spacial score (nSPS) is 31.6. The van der Waals surface area contributed by atoms with Crippen molar-refractivity contribution < 1.29 is 5.11 Å². The molecule has 1 aromatic carbocycles. The zero-order valence-corrected chi connectivity index (χ0v) is 13.7. The van der Waals surface area contributed by atoms with Crippen LogP contribution in [0.2, 0.25) is 0 Å². The van der Waals surface area contributed by atoms with Crippen LogP contribution in [0.3, 0.4) is 0 Å². The third-order valence-corrected chi connectivity index (χ3v) is 5.84. The van der Waals surface area contributed by atoms with Crippen LogP contribution in [0.5, 0.6) is 5.75 Å². The molecule has 0 aromatic heterocycles. The molecule has 1 N–H and O–H groups in total. The van der Waals surface area contributed by atoms with E-state index in [0.717, 1.165) is 19.5 Å². The summed E-state index contributed by atoms with van der Waals surface area (Å²) in [7, 11) is 0. The van der Waals surface area contributed by atoms with Gasteiger partial charge in [0, 0.05) is 12.6 Å². The number of hydrogen-bond donors (Lipinski definition) is 1. The fourth-order valence-corrected chi connectivity index (χ4v) is 4.22. The molecule has 1 aliphatic heterocycles. The van der Waals surface area contributed by atoms with Crippen LogP contribution in [-0.2, 0) is 11.8 Å². The van der Waals surface area contributed by atoms with Crippen molar-refractivity contribution in [2.45, 2.75) is 52.0 Å². The number of phenols is 1. The maximum absolute atomic E-state index is 9.87. The molecule has 0 radical (unpaired) electrons. The molecule has 2 bridgehead atoms. The number of nitrogens with zero attached hydrogens (tertiary/aromatic N) is 1. The van der Waals surface area contributed by atoms with E-state index in [9.17, 15) is 5.11 Å². The lowest BCUT2D eigenvalue weighted by atomic mass is 9.59. The molecule has 1 unspecified atom stereocenters. The first-order chi connectivity index (χ1) is 9.91. The lowest BCUT2D eigenvalue weighted by Crippen LogP contribution is -2.57. The molecule has 0 spiro atoms. The van der Waals surface area contributed by atoms with E-state index >= 15 is 0 Å². The summed E-state index contributed by atoms with van der Waals surface area (Å²) in [6.45, 7) is 11.4. The third kappa shape index (κ3) is 2.40. The summed E-state index contributed by atoms with van der Waals surface area (Å²) in [5, 5.41) is 9.87. The Morgan fingerprint density at radius 2 is 2.19 bits per heavy atom. The van der Waals surface area contributed by atoms with Gasteiger partial charge in [-0.15, -0.1) is 0 Å². The zero-order valence-electron chi connectivity index (χ0n) is 13.7.